The monoisotopic (exact) mass is 251 g/mol. The van der Waals surface area contributed by atoms with Gasteiger partial charge >= 0.3 is 0 Å². The van der Waals surface area contributed by atoms with Gasteiger partial charge < -0.3 is 5.21 Å². The molecule has 0 radical (unpaired) electrons. The Labute approximate surface area is 113 Å². The van der Waals surface area contributed by atoms with Crippen LogP contribution in [0.4, 0.5) is 0 Å². The van der Waals surface area contributed by atoms with E-state index in [4.69, 9.17) is 0 Å². The minimum atomic E-state index is 0.195. The molecular formula is C17H17NO. The molecule has 0 unspecified atom stereocenters. The molecule has 2 nitrogen and oxygen atoms in total. The third-order valence-electron chi connectivity index (χ3n) is 3.91. The molecule has 96 valence electrons. The summed E-state index contributed by atoms with van der Waals surface area (Å²) in [5.41, 5.74) is 5.64. The van der Waals surface area contributed by atoms with E-state index >= 15 is 0 Å². The minimum absolute atomic E-state index is 0.195. The SMILES string of the molecule is Cc1ccc([C@@H]2CCc3ccccc3/C2=N/O)cc1. The van der Waals surface area contributed by atoms with Crippen molar-refractivity contribution in [3.8, 4) is 0 Å². The summed E-state index contributed by atoms with van der Waals surface area (Å²) in [6.45, 7) is 2.08. The van der Waals surface area contributed by atoms with Crippen LogP contribution in [0.15, 0.2) is 53.7 Å². The number of oxime groups is 1. The first-order chi connectivity index (χ1) is 9.29. The molecule has 0 amide bonds. The van der Waals surface area contributed by atoms with Crippen LogP contribution < -0.4 is 0 Å². The Morgan fingerprint density at radius 1 is 1.05 bits per heavy atom. The average Bonchev–Trinajstić information content (AvgIpc) is 2.47. The molecule has 3 rings (SSSR count). The summed E-state index contributed by atoms with van der Waals surface area (Å²) in [7, 11) is 0. The second kappa shape index (κ2) is 4.88. The van der Waals surface area contributed by atoms with E-state index in [1.807, 2.05) is 18.2 Å². The molecule has 0 aliphatic heterocycles. The average molecular weight is 251 g/mol. The van der Waals surface area contributed by atoms with Crippen molar-refractivity contribution in [1.29, 1.82) is 0 Å². The normalized spacial score (nSPS) is 20.3. The molecule has 0 fully saturated rings. The Bertz CT molecular complexity index is 613. The summed E-state index contributed by atoms with van der Waals surface area (Å²) in [6.07, 6.45) is 2.03. The fourth-order valence-electron chi connectivity index (χ4n) is 2.86. The van der Waals surface area contributed by atoms with E-state index in [-0.39, 0.29) is 5.92 Å². The topological polar surface area (TPSA) is 32.6 Å². The lowest BCUT2D eigenvalue weighted by atomic mass is 9.78. The first-order valence-corrected chi connectivity index (χ1v) is 6.66. The van der Waals surface area contributed by atoms with Crippen molar-refractivity contribution < 1.29 is 5.21 Å². The summed E-state index contributed by atoms with van der Waals surface area (Å²) in [4.78, 5) is 0. The number of hydrogen-bond acceptors (Lipinski definition) is 2. The molecule has 0 spiro atoms. The second-order valence-corrected chi connectivity index (χ2v) is 5.14. The molecule has 0 heterocycles. The number of nitrogens with zero attached hydrogens (tertiary/aromatic N) is 1. The summed E-state index contributed by atoms with van der Waals surface area (Å²) < 4.78 is 0. The van der Waals surface area contributed by atoms with Gasteiger partial charge in [-0.15, -0.1) is 0 Å². The lowest BCUT2D eigenvalue weighted by Gasteiger charge is -2.26. The highest BCUT2D eigenvalue weighted by molar-refractivity contribution is 6.06. The third-order valence-corrected chi connectivity index (χ3v) is 3.91. The zero-order chi connectivity index (χ0) is 13.2. The summed E-state index contributed by atoms with van der Waals surface area (Å²) in [5.74, 6) is 0.195. The highest BCUT2D eigenvalue weighted by Gasteiger charge is 2.26. The number of fused-ring (bicyclic) bond motifs is 1. The fraction of sp³-hybridized carbons (Fsp3) is 0.235. The molecular weight excluding hydrogens is 234 g/mol. The molecule has 2 aromatic rings. The molecule has 19 heavy (non-hydrogen) atoms. The fourth-order valence-corrected chi connectivity index (χ4v) is 2.86. The molecule has 0 aromatic heterocycles. The Morgan fingerprint density at radius 3 is 2.53 bits per heavy atom. The maximum Gasteiger partial charge on any atom is 0.0945 e. The molecule has 2 heteroatoms. The molecule has 0 saturated carbocycles. The molecule has 1 aliphatic carbocycles. The van der Waals surface area contributed by atoms with Gasteiger partial charge in [-0.05, 0) is 30.9 Å². The largest absolute Gasteiger partial charge is 0.411 e. The van der Waals surface area contributed by atoms with Crippen LogP contribution in [0.2, 0.25) is 0 Å². The maximum absolute atomic E-state index is 9.41. The number of benzene rings is 2. The van der Waals surface area contributed by atoms with E-state index in [0.29, 0.717) is 0 Å². The van der Waals surface area contributed by atoms with Crippen LogP contribution in [0.25, 0.3) is 0 Å². The Balaban J connectivity index is 2.03. The molecule has 1 atom stereocenters. The Morgan fingerprint density at radius 2 is 1.79 bits per heavy atom. The van der Waals surface area contributed by atoms with Gasteiger partial charge in [-0.3, -0.25) is 0 Å². The van der Waals surface area contributed by atoms with E-state index in [1.54, 1.807) is 0 Å². The lowest BCUT2D eigenvalue weighted by Crippen LogP contribution is -2.21. The predicted octanol–water partition coefficient (Wildman–Crippen LogP) is 3.90. The highest BCUT2D eigenvalue weighted by Crippen LogP contribution is 2.33. The van der Waals surface area contributed by atoms with E-state index in [9.17, 15) is 5.21 Å². The van der Waals surface area contributed by atoms with E-state index in [1.165, 1.54) is 16.7 Å². The lowest BCUT2D eigenvalue weighted by molar-refractivity contribution is 0.316. The Kier molecular flexibility index (Phi) is 3.08. The van der Waals surface area contributed by atoms with Gasteiger partial charge in [0.25, 0.3) is 0 Å². The van der Waals surface area contributed by atoms with Gasteiger partial charge in [0, 0.05) is 11.5 Å². The van der Waals surface area contributed by atoms with Gasteiger partial charge in [-0.2, -0.15) is 0 Å². The van der Waals surface area contributed by atoms with E-state index < -0.39 is 0 Å². The maximum atomic E-state index is 9.41. The van der Waals surface area contributed by atoms with Crippen molar-refractivity contribution in [2.24, 2.45) is 5.16 Å². The number of aryl methyl sites for hydroxylation is 2. The van der Waals surface area contributed by atoms with Crippen LogP contribution >= 0.6 is 0 Å². The van der Waals surface area contributed by atoms with Crippen molar-refractivity contribution in [3.63, 3.8) is 0 Å². The van der Waals surface area contributed by atoms with Gasteiger partial charge in [-0.1, -0.05) is 59.3 Å². The molecule has 1 aliphatic rings. The molecule has 0 bridgehead atoms. The smallest absolute Gasteiger partial charge is 0.0945 e. The van der Waals surface area contributed by atoms with Crippen LogP contribution in [0, 0.1) is 6.92 Å². The van der Waals surface area contributed by atoms with Crippen molar-refractivity contribution in [3.05, 3.63) is 70.8 Å². The van der Waals surface area contributed by atoms with Crippen LogP contribution in [-0.2, 0) is 6.42 Å². The quantitative estimate of drug-likeness (QED) is 0.605. The second-order valence-electron chi connectivity index (χ2n) is 5.14. The van der Waals surface area contributed by atoms with Crippen LogP contribution in [-0.4, -0.2) is 10.9 Å². The van der Waals surface area contributed by atoms with Crippen LogP contribution in [0.3, 0.4) is 0 Å². The van der Waals surface area contributed by atoms with Crippen LogP contribution in [0.5, 0.6) is 0 Å². The Hall–Kier alpha value is -2.09. The summed E-state index contributed by atoms with van der Waals surface area (Å²) in [6, 6.07) is 16.7. The molecule has 0 saturated heterocycles. The molecule has 2 aromatic carbocycles. The zero-order valence-electron chi connectivity index (χ0n) is 11.0. The van der Waals surface area contributed by atoms with Gasteiger partial charge in [0.2, 0.25) is 0 Å². The zero-order valence-corrected chi connectivity index (χ0v) is 11.0. The highest BCUT2D eigenvalue weighted by atomic mass is 16.4. The van der Waals surface area contributed by atoms with Crippen molar-refractivity contribution in [2.45, 2.75) is 25.7 Å². The first-order valence-electron chi connectivity index (χ1n) is 6.66. The van der Waals surface area contributed by atoms with Gasteiger partial charge in [0.05, 0.1) is 5.71 Å². The van der Waals surface area contributed by atoms with Crippen LogP contribution in [0.1, 0.15) is 34.6 Å². The van der Waals surface area contributed by atoms with Gasteiger partial charge in [0.1, 0.15) is 0 Å². The number of rotatable bonds is 1. The summed E-state index contributed by atoms with van der Waals surface area (Å²) >= 11 is 0. The summed E-state index contributed by atoms with van der Waals surface area (Å²) in [5, 5.41) is 13.0. The van der Waals surface area contributed by atoms with Gasteiger partial charge in [-0.25, -0.2) is 0 Å². The molecule has 1 N–H and O–H groups in total. The van der Waals surface area contributed by atoms with E-state index in [2.05, 4.69) is 42.4 Å². The van der Waals surface area contributed by atoms with Crippen molar-refractivity contribution in [1.82, 2.24) is 0 Å². The van der Waals surface area contributed by atoms with Crippen molar-refractivity contribution in [2.75, 3.05) is 0 Å². The van der Waals surface area contributed by atoms with Gasteiger partial charge in [0.15, 0.2) is 0 Å². The first kappa shape index (κ1) is 12.0. The van der Waals surface area contributed by atoms with Crippen molar-refractivity contribution >= 4 is 5.71 Å². The third kappa shape index (κ3) is 2.14. The number of hydrogen-bond donors (Lipinski definition) is 1. The van der Waals surface area contributed by atoms with E-state index in [0.717, 1.165) is 24.1 Å². The standard InChI is InChI=1S/C17H17NO/c1-12-6-8-14(9-7-12)16-11-10-13-4-2-3-5-15(13)17(16)18-19/h2-9,16,19H,10-11H2,1H3/b18-17-/t16-/m0/s1. The minimum Gasteiger partial charge on any atom is -0.411 e. The predicted molar refractivity (Wildman–Crippen MR) is 77.0 cm³/mol.